The van der Waals surface area contributed by atoms with Gasteiger partial charge in [-0.25, -0.2) is 4.98 Å². The molecule has 21 heavy (non-hydrogen) atoms. The average molecular weight is 302 g/mol. The number of anilines is 1. The normalized spacial score (nSPS) is 11.7. The highest BCUT2D eigenvalue weighted by molar-refractivity contribution is 7.16. The quantitative estimate of drug-likeness (QED) is 0.821. The molecule has 0 unspecified atom stereocenters. The molecule has 1 aromatic carbocycles. The van der Waals surface area contributed by atoms with Crippen molar-refractivity contribution in [3.8, 4) is 23.3 Å². The average Bonchev–Trinajstić information content (AvgIpc) is 3.12. The van der Waals surface area contributed by atoms with Gasteiger partial charge in [0, 0.05) is 5.56 Å². The fourth-order valence-corrected chi connectivity index (χ4v) is 2.41. The van der Waals surface area contributed by atoms with Gasteiger partial charge in [0.1, 0.15) is 6.61 Å². The second kappa shape index (κ2) is 5.83. The molecule has 0 bridgehead atoms. The van der Waals surface area contributed by atoms with E-state index in [1.165, 1.54) is 11.3 Å². The second-order valence-electron chi connectivity index (χ2n) is 4.01. The van der Waals surface area contributed by atoms with Crippen molar-refractivity contribution in [2.45, 2.75) is 0 Å². The van der Waals surface area contributed by atoms with Crippen LogP contribution >= 0.6 is 11.3 Å². The maximum absolute atomic E-state index is 12.1. The molecule has 0 atom stereocenters. The highest BCUT2D eigenvalue weighted by atomic mass is 32.1. The smallest absolute Gasteiger partial charge is 0.257 e. The number of carbonyl (C=O) groups is 1. The molecule has 106 valence electrons. The summed E-state index contributed by atoms with van der Waals surface area (Å²) in [5, 5.41) is 11.8. The van der Waals surface area contributed by atoms with Crippen LogP contribution in [0.25, 0.3) is 0 Å². The minimum absolute atomic E-state index is 0.166. The van der Waals surface area contributed by atoms with Crippen LogP contribution in [0.5, 0.6) is 11.5 Å². The lowest BCUT2D eigenvalue weighted by Gasteiger charge is -2.02. The van der Waals surface area contributed by atoms with Gasteiger partial charge in [0.2, 0.25) is 6.79 Å². The van der Waals surface area contributed by atoms with Gasteiger partial charge in [-0.15, -0.1) is 0 Å². The number of benzene rings is 1. The largest absolute Gasteiger partial charge is 0.454 e. The van der Waals surface area contributed by atoms with Crippen LogP contribution in [-0.4, -0.2) is 29.4 Å². The molecule has 3 rings (SSSR count). The second-order valence-corrected chi connectivity index (χ2v) is 5.04. The summed E-state index contributed by atoms with van der Waals surface area (Å²) in [5.41, 5.74) is 0.456. The van der Waals surface area contributed by atoms with Gasteiger partial charge >= 0.3 is 0 Å². The minimum atomic E-state index is -0.288. The Labute approximate surface area is 124 Å². The zero-order valence-electron chi connectivity index (χ0n) is 10.8. The molecule has 6 nitrogen and oxygen atoms in total. The Morgan fingerprint density at radius 3 is 3.14 bits per heavy atom. The molecule has 2 heterocycles. The Bertz CT molecular complexity index is 745. The first-order chi connectivity index (χ1) is 10.3. The van der Waals surface area contributed by atoms with E-state index in [2.05, 4.69) is 22.1 Å². The molecule has 0 aliphatic carbocycles. The Morgan fingerprint density at radius 2 is 2.29 bits per heavy atom. The van der Waals surface area contributed by atoms with Gasteiger partial charge in [-0.3, -0.25) is 10.1 Å². The summed E-state index contributed by atoms with van der Waals surface area (Å²) in [5.74, 6) is 6.15. The van der Waals surface area contributed by atoms with Gasteiger partial charge in [-0.1, -0.05) is 23.2 Å². The van der Waals surface area contributed by atoms with E-state index < -0.39 is 0 Å². The molecule has 7 heteroatoms. The van der Waals surface area contributed by atoms with E-state index in [1.807, 2.05) is 0 Å². The van der Waals surface area contributed by atoms with E-state index in [9.17, 15) is 4.79 Å². The summed E-state index contributed by atoms with van der Waals surface area (Å²) >= 11 is 1.24. The molecule has 1 aliphatic rings. The van der Waals surface area contributed by atoms with E-state index in [-0.39, 0.29) is 19.3 Å². The molecule has 1 aromatic heterocycles. The van der Waals surface area contributed by atoms with Gasteiger partial charge in [0.25, 0.3) is 5.91 Å². The van der Waals surface area contributed by atoms with Crippen LogP contribution in [0.3, 0.4) is 0 Å². The number of carbonyl (C=O) groups excluding carboxylic acids is 1. The number of hydrogen-bond donors (Lipinski definition) is 2. The number of hydrogen-bond acceptors (Lipinski definition) is 6. The van der Waals surface area contributed by atoms with Crippen molar-refractivity contribution in [3.63, 3.8) is 0 Å². The summed E-state index contributed by atoms with van der Waals surface area (Å²) in [7, 11) is 0. The monoisotopic (exact) mass is 302 g/mol. The standard InChI is InChI=1S/C14H10N2O4S/c17-5-1-2-10-7-15-14(21-10)16-13(18)9-3-4-11-12(6-9)20-8-19-11/h3-4,6-7,17H,5,8H2,(H,15,16,18). The number of aromatic nitrogens is 1. The van der Waals surface area contributed by atoms with Crippen molar-refractivity contribution in [2.75, 3.05) is 18.7 Å². The van der Waals surface area contributed by atoms with Gasteiger partial charge in [-0.2, -0.15) is 0 Å². The number of ether oxygens (including phenoxy) is 2. The number of nitrogens with one attached hydrogen (secondary N) is 1. The first-order valence-corrected chi connectivity index (χ1v) is 6.84. The predicted octanol–water partition coefficient (Wildman–Crippen LogP) is 1.47. The van der Waals surface area contributed by atoms with E-state index in [0.29, 0.717) is 27.1 Å². The molecule has 0 spiro atoms. The van der Waals surface area contributed by atoms with Crippen molar-refractivity contribution in [1.29, 1.82) is 0 Å². The Balaban J connectivity index is 1.72. The fourth-order valence-electron chi connectivity index (χ4n) is 1.72. The summed E-state index contributed by atoms with van der Waals surface area (Å²) in [6, 6.07) is 4.97. The van der Waals surface area contributed by atoms with Crippen LogP contribution in [0.2, 0.25) is 0 Å². The van der Waals surface area contributed by atoms with Crippen molar-refractivity contribution in [1.82, 2.24) is 4.98 Å². The van der Waals surface area contributed by atoms with Crippen molar-refractivity contribution >= 4 is 22.4 Å². The number of aliphatic hydroxyl groups excluding tert-OH is 1. The topological polar surface area (TPSA) is 80.7 Å². The maximum Gasteiger partial charge on any atom is 0.257 e. The highest BCUT2D eigenvalue weighted by Gasteiger charge is 2.16. The van der Waals surface area contributed by atoms with Crippen LogP contribution in [0.1, 0.15) is 15.2 Å². The summed E-state index contributed by atoms with van der Waals surface area (Å²) in [6.07, 6.45) is 1.54. The molecule has 2 N–H and O–H groups in total. The zero-order chi connectivity index (χ0) is 14.7. The van der Waals surface area contributed by atoms with E-state index in [0.717, 1.165) is 0 Å². The van der Waals surface area contributed by atoms with Crippen molar-refractivity contribution in [2.24, 2.45) is 0 Å². The maximum atomic E-state index is 12.1. The van der Waals surface area contributed by atoms with E-state index in [1.54, 1.807) is 24.4 Å². The first kappa shape index (κ1) is 13.4. The number of aliphatic hydroxyl groups is 1. The number of thiazole rings is 1. The highest BCUT2D eigenvalue weighted by Crippen LogP contribution is 2.32. The lowest BCUT2D eigenvalue weighted by atomic mass is 10.2. The molecule has 0 fully saturated rings. The van der Waals surface area contributed by atoms with E-state index in [4.69, 9.17) is 14.6 Å². The van der Waals surface area contributed by atoms with Gasteiger partial charge in [0.05, 0.1) is 11.1 Å². The van der Waals surface area contributed by atoms with Gasteiger partial charge in [0.15, 0.2) is 16.6 Å². The number of rotatable bonds is 2. The molecule has 0 radical (unpaired) electrons. The molecule has 1 aliphatic heterocycles. The molecular formula is C14H10N2O4S. The number of fused-ring (bicyclic) bond motifs is 1. The summed E-state index contributed by atoms with van der Waals surface area (Å²) < 4.78 is 10.4. The number of nitrogens with zero attached hydrogens (tertiary/aromatic N) is 1. The lowest BCUT2D eigenvalue weighted by molar-refractivity contribution is 0.102. The van der Waals surface area contributed by atoms with Crippen LogP contribution < -0.4 is 14.8 Å². The molecule has 0 saturated carbocycles. The predicted molar refractivity (Wildman–Crippen MR) is 76.6 cm³/mol. The Kier molecular flexibility index (Phi) is 3.73. The fraction of sp³-hybridized carbons (Fsp3) is 0.143. The Morgan fingerprint density at radius 1 is 1.43 bits per heavy atom. The van der Waals surface area contributed by atoms with Crippen LogP contribution in [0.15, 0.2) is 24.4 Å². The molecule has 1 amide bonds. The molecular weight excluding hydrogens is 292 g/mol. The zero-order valence-corrected chi connectivity index (χ0v) is 11.6. The summed E-state index contributed by atoms with van der Waals surface area (Å²) in [6.45, 7) is -0.0451. The van der Waals surface area contributed by atoms with Crippen molar-refractivity contribution < 1.29 is 19.4 Å². The minimum Gasteiger partial charge on any atom is -0.454 e. The van der Waals surface area contributed by atoms with Crippen LogP contribution in [0, 0.1) is 11.8 Å². The molecule has 2 aromatic rings. The summed E-state index contributed by atoms with van der Waals surface area (Å²) in [4.78, 5) is 16.8. The van der Waals surface area contributed by atoms with E-state index >= 15 is 0 Å². The third kappa shape index (κ3) is 2.97. The van der Waals surface area contributed by atoms with Crippen LogP contribution in [0.4, 0.5) is 5.13 Å². The third-order valence-corrected chi connectivity index (χ3v) is 3.48. The van der Waals surface area contributed by atoms with Crippen LogP contribution in [-0.2, 0) is 0 Å². The Hall–Kier alpha value is -2.56. The lowest BCUT2D eigenvalue weighted by Crippen LogP contribution is -2.11. The number of amides is 1. The van der Waals surface area contributed by atoms with Crippen molar-refractivity contribution in [3.05, 3.63) is 34.8 Å². The van der Waals surface area contributed by atoms with Gasteiger partial charge in [-0.05, 0) is 18.2 Å². The molecule has 0 saturated heterocycles. The van der Waals surface area contributed by atoms with Gasteiger partial charge < -0.3 is 14.6 Å². The SMILES string of the molecule is O=C(Nc1ncc(C#CCO)s1)c1ccc2c(c1)OCO2. The first-order valence-electron chi connectivity index (χ1n) is 6.03. The third-order valence-electron chi connectivity index (χ3n) is 2.65.